The Hall–Kier alpha value is -2.00. The van der Waals surface area contributed by atoms with Crippen molar-refractivity contribution in [1.29, 1.82) is 0 Å². The van der Waals surface area contributed by atoms with E-state index in [1.54, 1.807) is 0 Å². The summed E-state index contributed by atoms with van der Waals surface area (Å²) in [6.45, 7) is 0.407. The molecule has 0 amide bonds. The van der Waals surface area contributed by atoms with Gasteiger partial charge < -0.3 is 10.5 Å². The molecule has 3 aromatic rings. The molecule has 0 fully saturated rings. The highest BCUT2D eigenvalue weighted by Crippen LogP contribution is 2.24. The number of hydrogen-bond acceptors (Lipinski definition) is 6. The fourth-order valence-electron chi connectivity index (χ4n) is 1.94. The number of para-hydroxylation sites is 1. The van der Waals surface area contributed by atoms with Crippen molar-refractivity contribution in [3.63, 3.8) is 0 Å². The minimum absolute atomic E-state index is 0.173. The summed E-state index contributed by atoms with van der Waals surface area (Å²) in [5.41, 5.74) is 6.98. The van der Waals surface area contributed by atoms with Crippen molar-refractivity contribution in [2.45, 2.75) is 6.61 Å². The van der Waals surface area contributed by atoms with Crippen LogP contribution in [0.3, 0.4) is 0 Å². The van der Waals surface area contributed by atoms with Crippen molar-refractivity contribution < 1.29 is 9.53 Å². The van der Waals surface area contributed by atoms with Crippen LogP contribution in [0.15, 0.2) is 48.2 Å². The predicted molar refractivity (Wildman–Crippen MR) is 97.7 cm³/mol. The second-order valence-corrected chi connectivity index (χ2v) is 6.76. The van der Waals surface area contributed by atoms with E-state index >= 15 is 0 Å². The summed E-state index contributed by atoms with van der Waals surface area (Å²) < 4.78 is 6.83. The number of hydrogen-bond donors (Lipinski definition) is 1. The van der Waals surface area contributed by atoms with E-state index in [0.717, 1.165) is 14.9 Å². The van der Waals surface area contributed by atoms with E-state index in [4.69, 9.17) is 10.5 Å². The Morgan fingerprint density at radius 1 is 1.35 bits per heavy atom. The van der Waals surface area contributed by atoms with Gasteiger partial charge >= 0.3 is 0 Å². The fraction of sp³-hybridized carbons (Fsp3) is 0.0625. The van der Waals surface area contributed by atoms with Crippen molar-refractivity contribution in [2.24, 2.45) is 0 Å². The second kappa shape index (κ2) is 7.05. The van der Waals surface area contributed by atoms with Crippen LogP contribution in [-0.4, -0.2) is 15.8 Å². The summed E-state index contributed by atoms with van der Waals surface area (Å²) in [5.74, 6) is 0.844. The number of nitrogen functional groups attached to an aromatic ring is 1. The Morgan fingerprint density at radius 2 is 2.17 bits per heavy atom. The fourth-order valence-corrected chi connectivity index (χ4v) is 3.33. The van der Waals surface area contributed by atoms with Crippen molar-refractivity contribution in [3.8, 4) is 5.75 Å². The van der Waals surface area contributed by atoms with Gasteiger partial charge in [0.2, 0.25) is 5.78 Å². The molecule has 3 rings (SSSR count). The molecule has 116 valence electrons. The average molecular weight is 437 g/mol. The van der Waals surface area contributed by atoms with Gasteiger partial charge in [-0.2, -0.15) is 0 Å². The van der Waals surface area contributed by atoms with Gasteiger partial charge in [-0.1, -0.05) is 12.1 Å². The molecule has 2 heterocycles. The summed E-state index contributed by atoms with van der Waals surface area (Å²) in [4.78, 5) is 20.7. The van der Waals surface area contributed by atoms with Gasteiger partial charge in [-0.3, -0.25) is 4.79 Å². The number of thiophene rings is 1. The van der Waals surface area contributed by atoms with Crippen LogP contribution in [0.1, 0.15) is 20.8 Å². The number of anilines is 1. The number of nitrogens with two attached hydrogens (primary N) is 1. The number of carbonyl (C=O) groups excluding carboxylic acids is 1. The SMILES string of the molecule is Nc1ncncc1C(=O)c1cc(COc2ccccc2I)cs1. The monoisotopic (exact) mass is 437 g/mol. The standard InChI is InChI=1S/C16H12IN3O2S/c17-12-3-1-2-4-13(12)22-7-10-5-14(23-8-10)15(21)11-6-19-9-20-16(11)18/h1-6,8-9H,7H2,(H2,18,19,20). The molecule has 1 aromatic carbocycles. The molecule has 0 atom stereocenters. The first-order valence-electron chi connectivity index (χ1n) is 6.70. The van der Waals surface area contributed by atoms with Crippen molar-refractivity contribution >= 4 is 45.5 Å². The minimum atomic E-state index is -0.173. The molecule has 0 spiro atoms. The topological polar surface area (TPSA) is 78.1 Å². The lowest BCUT2D eigenvalue weighted by Crippen LogP contribution is -2.06. The summed E-state index contributed by atoms with van der Waals surface area (Å²) in [5, 5.41) is 1.91. The van der Waals surface area contributed by atoms with Crippen molar-refractivity contribution in [3.05, 3.63) is 67.8 Å². The first kappa shape index (κ1) is 15.9. The molecule has 0 aliphatic heterocycles. The molecule has 0 saturated heterocycles. The maximum absolute atomic E-state index is 12.4. The van der Waals surface area contributed by atoms with E-state index in [1.165, 1.54) is 23.9 Å². The van der Waals surface area contributed by atoms with Gasteiger partial charge in [0.25, 0.3) is 0 Å². The first-order valence-corrected chi connectivity index (χ1v) is 8.66. The summed E-state index contributed by atoms with van der Waals surface area (Å²) in [7, 11) is 0. The van der Waals surface area contributed by atoms with E-state index in [1.807, 2.05) is 35.7 Å². The second-order valence-electron chi connectivity index (χ2n) is 4.69. The zero-order valence-electron chi connectivity index (χ0n) is 11.9. The third-order valence-corrected chi connectivity index (χ3v) is 4.97. The van der Waals surface area contributed by atoms with E-state index in [-0.39, 0.29) is 11.6 Å². The Balaban J connectivity index is 1.72. The number of ether oxygens (including phenoxy) is 1. The lowest BCUT2D eigenvalue weighted by atomic mass is 10.1. The molecule has 7 heteroatoms. The molecule has 0 saturated carbocycles. The summed E-state index contributed by atoms with van der Waals surface area (Å²) in [6, 6.07) is 9.61. The predicted octanol–water partition coefficient (Wildman–Crippen LogP) is 3.53. The summed E-state index contributed by atoms with van der Waals surface area (Å²) >= 11 is 3.58. The lowest BCUT2D eigenvalue weighted by molar-refractivity contribution is 0.104. The van der Waals surface area contributed by atoms with Gasteiger partial charge in [0.1, 0.15) is 24.5 Å². The van der Waals surface area contributed by atoms with E-state index in [9.17, 15) is 4.79 Å². The molecule has 23 heavy (non-hydrogen) atoms. The van der Waals surface area contributed by atoms with Gasteiger partial charge in [-0.15, -0.1) is 11.3 Å². The van der Waals surface area contributed by atoms with Crippen LogP contribution in [0.5, 0.6) is 5.75 Å². The van der Waals surface area contributed by atoms with Gasteiger partial charge in [0.15, 0.2) is 0 Å². The number of carbonyl (C=O) groups is 1. The highest BCUT2D eigenvalue weighted by Gasteiger charge is 2.16. The number of rotatable bonds is 5. The van der Waals surface area contributed by atoms with Gasteiger partial charge in [0.05, 0.1) is 14.0 Å². The van der Waals surface area contributed by atoms with Crippen LogP contribution >= 0.6 is 33.9 Å². The number of ketones is 1. The maximum Gasteiger partial charge on any atom is 0.208 e. The van der Waals surface area contributed by atoms with Gasteiger partial charge in [0, 0.05) is 11.8 Å². The van der Waals surface area contributed by atoms with Crippen molar-refractivity contribution in [1.82, 2.24) is 9.97 Å². The van der Waals surface area contributed by atoms with E-state index in [2.05, 4.69) is 32.6 Å². The zero-order valence-corrected chi connectivity index (χ0v) is 14.9. The van der Waals surface area contributed by atoms with Crippen LogP contribution in [0.25, 0.3) is 0 Å². The number of benzene rings is 1. The first-order chi connectivity index (χ1) is 11.1. The van der Waals surface area contributed by atoms with Gasteiger partial charge in [-0.25, -0.2) is 9.97 Å². The Kier molecular flexibility index (Phi) is 4.87. The smallest absolute Gasteiger partial charge is 0.208 e. The number of aromatic nitrogens is 2. The number of nitrogens with zero attached hydrogens (tertiary/aromatic N) is 2. The van der Waals surface area contributed by atoms with Crippen molar-refractivity contribution in [2.75, 3.05) is 5.73 Å². The zero-order chi connectivity index (χ0) is 16.2. The van der Waals surface area contributed by atoms with Crippen LogP contribution in [-0.2, 0) is 6.61 Å². The van der Waals surface area contributed by atoms with E-state index in [0.29, 0.717) is 17.0 Å². The number of halogens is 1. The third kappa shape index (κ3) is 3.67. The average Bonchev–Trinajstić information content (AvgIpc) is 3.03. The maximum atomic E-state index is 12.4. The van der Waals surface area contributed by atoms with E-state index < -0.39 is 0 Å². The normalized spacial score (nSPS) is 10.5. The van der Waals surface area contributed by atoms with Crippen LogP contribution in [0.2, 0.25) is 0 Å². The molecular formula is C16H12IN3O2S. The Labute approximate surface area is 150 Å². The Bertz CT molecular complexity index is 851. The molecular weight excluding hydrogens is 425 g/mol. The quantitative estimate of drug-likeness (QED) is 0.488. The molecule has 2 aromatic heterocycles. The molecule has 0 aliphatic rings. The molecule has 0 unspecified atom stereocenters. The molecule has 0 radical (unpaired) electrons. The molecule has 5 nitrogen and oxygen atoms in total. The molecule has 2 N–H and O–H groups in total. The largest absolute Gasteiger partial charge is 0.488 e. The van der Waals surface area contributed by atoms with Gasteiger partial charge in [-0.05, 0) is 46.2 Å². The lowest BCUT2D eigenvalue weighted by Gasteiger charge is -2.06. The highest BCUT2D eigenvalue weighted by atomic mass is 127. The minimum Gasteiger partial charge on any atom is -0.488 e. The van der Waals surface area contributed by atoms with Crippen LogP contribution < -0.4 is 10.5 Å². The summed E-state index contributed by atoms with van der Waals surface area (Å²) in [6.07, 6.45) is 2.76. The highest BCUT2D eigenvalue weighted by molar-refractivity contribution is 14.1. The molecule has 0 aliphatic carbocycles. The molecule has 0 bridgehead atoms. The third-order valence-electron chi connectivity index (χ3n) is 3.10. The van der Waals surface area contributed by atoms with Crippen LogP contribution in [0.4, 0.5) is 5.82 Å². The van der Waals surface area contributed by atoms with Crippen LogP contribution in [0, 0.1) is 3.57 Å². The Morgan fingerprint density at radius 3 is 2.96 bits per heavy atom.